The van der Waals surface area contributed by atoms with Crippen molar-refractivity contribution in [3.8, 4) is 0 Å². The van der Waals surface area contributed by atoms with Crippen LogP contribution in [0.25, 0.3) is 32.3 Å². The Morgan fingerprint density at radius 1 is 0.600 bits per heavy atom. The van der Waals surface area contributed by atoms with Gasteiger partial charge in [0, 0.05) is 16.8 Å². The molecule has 0 saturated heterocycles. The third-order valence-corrected chi connectivity index (χ3v) is 7.12. The fourth-order valence-corrected chi connectivity index (χ4v) is 5.17. The predicted molar refractivity (Wildman–Crippen MR) is 149 cm³/mol. The molecule has 0 amide bonds. The normalized spacial score (nSPS) is 11.4. The lowest BCUT2D eigenvalue weighted by Gasteiger charge is -2.28. The molecule has 0 unspecified atom stereocenters. The van der Waals surface area contributed by atoms with E-state index in [1.54, 1.807) is 0 Å². The van der Waals surface area contributed by atoms with Gasteiger partial charge in [0.2, 0.25) is 0 Å². The second kappa shape index (κ2) is 8.57. The van der Waals surface area contributed by atoms with Crippen LogP contribution in [-0.4, -0.2) is 5.11 Å². The predicted octanol–water partition coefficient (Wildman–Crippen LogP) is 8.73. The van der Waals surface area contributed by atoms with Crippen molar-refractivity contribution in [3.05, 3.63) is 126 Å². The number of hydrogen-bond acceptors (Lipinski definition) is 2. The summed E-state index contributed by atoms with van der Waals surface area (Å²) in [6.07, 6.45) is 0. The second-order valence-corrected chi connectivity index (χ2v) is 9.24. The third kappa shape index (κ3) is 3.63. The van der Waals surface area contributed by atoms with Crippen molar-refractivity contribution >= 4 is 49.4 Å². The van der Waals surface area contributed by atoms with Crippen molar-refractivity contribution in [3.63, 3.8) is 0 Å². The number of hydrogen-bond donors (Lipinski definition) is 1. The molecule has 170 valence electrons. The van der Waals surface area contributed by atoms with Gasteiger partial charge in [-0.2, -0.15) is 0 Å². The minimum Gasteiger partial charge on any atom is -0.392 e. The van der Waals surface area contributed by atoms with E-state index >= 15 is 0 Å². The van der Waals surface area contributed by atoms with E-state index in [0.717, 1.165) is 22.6 Å². The molecule has 35 heavy (non-hydrogen) atoms. The summed E-state index contributed by atoms with van der Waals surface area (Å²) < 4.78 is 0. The lowest BCUT2D eigenvalue weighted by atomic mass is 9.93. The fourth-order valence-electron chi connectivity index (χ4n) is 5.17. The van der Waals surface area contributed by atoms with Crippen LogP contribution in [0.1, 0.15) is 16.7 Å². The molecule has 0 atom stereocenters. The first-order valence-corrected chi connectivity index (χ1v) is 12.0. The van der Waals surface area contributed by atoms with Crippen LogP contribution in [0.4, 0.5) is 17.1 Å². The quantitative estimate of drug-likeness (QED) is 0.270. The fraction of sp³-hybridized carbons (Fsp3) is 0.0909. The first-order valence-electron chi connectivity index (χ1n) is 12.0. The maximum absolute atomic E-state index is 9.89. The SMILES string of the molecule is Cc1ccc2c(N(c3cccc(CO)c3)c3ccc4ccccc4c3)cc3ccccc3c2c1C. The third-order valence-electron chi connectivity index (χ3n) is 7.12. The summed E-state index contributed by atoms with van der Waals surface area (Å²) in [7, 11) is 0. The number of anilines is 3. The summed E-state index contributed by atoms with van der Waals surface area (Å²) in [4.78, 5) is 2.33. The molecule has 0 saturated carbocycles. The highest BCUT2D eigenvalue weighted by molar-refractivity contribution is 6.16. The minimum atomic E-state index is 0.0101. The Morgan fingerprint density at radius 2 is 1.34 bits per heavy atom. The Balaban J connectivity index is 1.72. The molecule has 2 nitrogen and oxygen atoms in total. The van der Waals surface area contributed by atoms with Gasteiger partial charge in [-0.05, 0) is 87.8 Å². The van der Waals surface area contributed by atoms with Crippen LogP contribution in [-0.2, 0) is 6.61 Å². The lowest BCUT2D eigenvalue weighted by Crippen LogP contribution is -2.11. The molecule has 6 rings (SSSR count). The smallest absolute Gasteiger partial charge is 0.0682 e. The molecule has 0 aliphatic carbocycles. The van der Waals surface area contributed by atoms with Crippen LogP contribution >= 0.6 is 0 Å². The molecule has 1 N–H and O–H groups in total. The topological polar surface area (TPSA) is 23.5 Å². The van der Waals surface area contributed by atoms with Gasteiger partial charge in [-0.15, -0.1) is 0 Å². The molecular formula is C33H27NO. The van der Waals surface area contributed by atoms with Crippen LogP contribution in [0.2, 0.25) is 0 Å². The van der Waals surface area contributed by atoms with Gasteiger partial charge in [-0.3, -0.25) is 0 Å². The Kier molecular flexibility index (Phi) is 5.24. The first kappa shape index (κ1) is 21.4. The average molecular weight is 454 g/mol. The van der Waals surface area contributed by atoms with E-state index in [-0.39, 0.29) is 6.61 Å². The van der Waals surface area contributed by atoms with Gasteiger partial charge in [0.25, 0.3) is 0 Å². The van der Waals surface area contributed by atoms with E-state index in [2.05, 4.69) is 116 Å². The highest BCUT2D eigenvalue weighted by Crippen LogP contribution is 2.43. The summed E-state index contributed by atoms with van der Waals surface area (Å²) >= 11 is 0. The molecule has 0 bridgehead atoms. The maximum Gasteiger partial charge on any atom is 0.0682 e. The molecule has 0 spiro atoms. The van der Waals surface area contributed by atoms with Crippen molar-refractivity contribution in [1.82, 2.24) is 0 Å². The van der Waals surface area contributed by atoms with Crippen molar-refractivity contribution in [2.24, 2.45) is 0 Å². The standard InChI is InChI=1S/C33H27NO/c1-22-14-17-31-32(20-27-11-5-6-13-30(27)33(31)23(22)2)34(28-12-7-8-24(18-28)21-35)29-16-15-25-9-3-4-10-26(25)19-29/h3-20,35H,21H2,1-2H3. The van der Waals surface area contributed by atoms with Gasteiger partial charge < -0.3 is 10.0 Å². The molecule has 0 aliphatic rings. The second-order valence-electron chi connectivity index (χ2n) is 9.24. The molecular weight excluding hydrogens is 426 g/mol. The number of benzene rings is 6. The van der Waals surface area contributed by atoms with Crippen LogP contribution in [0, 0.1) is 13.8 Å². The maximum atomic E-state index is 9.89. The van der Waals surface area contributed by atoms with Gasteiger partial charge in [-0.1, -0.05) is 78.9 Å². The van der Waals surface area contributed by atoms with E-state index in [9.17, 15) is 5.11 Å². The van der Waals surface area contributed by atoms with Crippen LogP contribution < -0.4 is 4.90 Å². The van der Waals surface area contributed by atoms with Crippen LogP contribution in [0.15, 0.2) is 109 Å². The molecule has 6 aromatic carbocycles. The summed E-state index contributed by atoms with van der Waals surface area (Å²) in [5, 5.41) is 17.3. The van der Waals surface area contributed by atoms with E-state index in [1.807, 2.05) is 12.1 Å². The Morgan fingerprint density at radius 3 is 2.17 bits per heavy atom. The van der Waals surface area contributed by atoms with Gasteiger partial charge in [0.1, 0.15) is 0 Å². The van der Waals surface area contributed by atoms with Gasteiger partial charge in [0.05, 0.1) is 12.3 Å². The van der Waals surface area contributed by atoms with E-state index in [4.69, 9.17) is 0 Å². The Labute approximate surface area is 205 Å². The number of nitrogens with zero attached hydrogens (tertiary/aromatic N) is 1. The van der Waals surface area contributed by atoms with Gasteiger partial charge in [-0.25, -0.2) is 0 Å². The molecule has 2 heteroatoms. The molecule has 0 radical (unpaired) electrons. The van der Waals surface area contributed by atoms with Crippen LogP contribution in [0.3, 0.4) is 0 Å². The summed E-state index contributed by atoms with van der Waals surface area (Å²) in [5.41, 5.74) is 6.75. The molecule has 0 fully saturated rings. The van der Waals surface area contributed by atoms with Crippen molar-refractivity contribution in [2.75, 3.05) is 4.90 Å². The first-order chi connectivity index (χ1) is 17.1. The largest absolute Gasteiger partial charge is 0.392 e. The van der Waals surface area contributed by atoms with E-state index < -0.39 is 0 Å². The van der Waals surface area contributed by atoms with Crippen molar-refractivity contribution < 1.29 is 5.11 Å². The highest BCUT2D eigenvalue weighted by atomic mass is 16.3. The molecule has 0 aliphatic heterocycles. The van der Waals surface area contributed by atoms with Crippen LogP contribution in [0.5, 0.6) is 0 Å². The van der Waals surface area contributed by atoms with Gasteiger partial charge in [0.15, 0.2) is 0 Å². The van der Waals surface area contributed by atoms with Crippen molar-refractivity contribution in [2.45, 2.75) is 20.5 Å². The molecule has 0 heterocycles. The Hall–Kier alpha value is -4.14. The van der Waals surface area contributed by atoms with E-state index in [1.165, 1.54) is 43.4 Å². The van der Waals surface area contributed by atoms with Crippen molar-refractivity contribution in [1.29, 1.82) is 0 Å². The number of aliphatic hydroxyl groups is 1. The minimum absolute atomic E-state index is 0.0101. The van der Waals surface area contributed by atoms with E-state index in [0.29, 0.717) is 0 Å². The zero-order chi connectivity index (χ0) is 23.9. The molecule has 0 aromatic heterocycles. The lowest BCUT2D eigenvalue weighted by molar-refractivity contribution is 0.282. The zero-order valence-corrected chi connectivity index (χ0v) is 20.0. The number of fused-ring (bicyclic) bond motifs is 4. The number of aryl methyl sites for hydroxylation is 2. The summed E-state index contributed by atoms with van der Waals surface area (Å²) in [5.74, 6) is 0. The number of aliphatic hydroxyl groups excluding tert-OH is 1. The zero-order valence-electron chi connectivity index (χ0n) is 20.0. The highest BCUT2D eigenvalue weighted by Gasteiger charge is 2.19. The monoisotopic (exact) mass is 453 g/mol. The molecule has 6 aromatic rings. The van der Waals surface area contributed by atoms with Gasteiger partial charge >= 0.3 is 0 Å². The summed E-state index contributed by atoms with van der Waals surface area (Å²) in [6, 6.07) is 38.7. The Bertz CT molecular complexity index is 1720. The summed E-state index contributed by atoms with van der Waals surface area (Å²) in [6.45, 7) is 4.42. The average Bonchev–Trinajstić information content (AvgIpc) is 2.90. The number of rotatable bonds is 4.